The second kappa shape index (κ2) is 6.08. The first-order valence-corrected chi connectivity index (χ1v) is 7.11. The van der Waals surface area contributed by atoms with Crippen molar-refractivity contribution in [2.75, 3.05) is 19.1 Å². The van der Waals surface area contributed by atoms with Gasteiger partial charge in [-0.25, -0.2) is 0 Å². The van der Waals surface area contributed by atoms with Crippen LogP contribution in [0.1, 0.15) is 25.0 Å². The zero-order valence-corrected chi connectivity index (χ0v) is 12.5. The molecule has 104 valence electrons. The van der Waals surface area contributed by atoms with Gasteiger partial charge in [0.15, 0.2) is 6.29 Å². The topological polar surface area (TPSA) is 18.5 Å². The second-order valence-electron chi connectivity index (χ2n) is 5.80. The molecule has 0 bridgehead atoms. The summed E-state index contributed by atoms with van der Waals surface area (Å²) in [5.74, 6) is 0.454. The van der Waals surface area contributed by atoms with Crippen LogP contribution >= 0.6 is 11.6 Å². The van der Waals surface area contributed by atoms with Crippen LogP contribution in [0.15, 0.2) is 30.3 Å². The molecular weight excluding hydrogens is 260 g/mol. The van der Waals surface area contributed by atoms with Crippen LogP contribution in [0.4, 0.5) is 0 Å². The van der Waals surface area contributed by atoms with Crippen molar-refractivity contribution >= 4 is 17.2 Å². The molecule has 0 unspecified atom stereocenters. The molecule has 1 aromatic carbocycles. The fraction of sp³-hybridized carbons (Fsp3) is 0.500. The van der Waals surface area contributed by atoms with Crippen LogP contribution in [-0.4, -0.2) is 25.4 Å². The number of allylic oxidation sites excluding steroid dienone is 1. The standard InChI is InChI=1S/C16H21ClO2/c1-12-4-6-13(7-5-12)14(8-9-17)15-18-10-16(2,3)11-19-15/h4-8,15H,9-11H2,1-3H3. The van der Waals surface area contributed by atoms with Gasteiger partial charge < -0.3 is 9.47 Å². The van der Waals surface area contributed by atoms with Crippen molar-refractivity contribution < 1.29 is 9.47 Å². The van der Waals surface area contributed by atoms with E-state index in [4.69, 9.17) is 21.1 Å². The van der Waals surface area contributed by atoms with Crippen molar-refractivity contribution in [1.82, 2.24) is 0 Å². The number of alkyl halides is 1. The normalized spacial score (nSPS) is 20.5. The van der Waals surface area contributed by atoms with Crippen LogP contribution in [0.2, 0.25) is 0 Å². The Morgan fingerprint density at radius 2 is 1.84 bits per heavy atom. The van der Waals surface area contributed by atoms with Gasteiger partial charge in [-0.3, -0.25) is 0 Å². The molecular formula is C16H21ClO2. The van der Waals surface area contributed by atoms with Gasteiger partial charge in [-0.15, -0.1) is 11.6 Å². The van der Waals surface area contributed by atoms with E-state index in [9.17, 15) is 0 Å². The fourth-order valence-electron chi connectivity index (χ4n) is 2.05. The van der Waals surface area contributed by atoms with E-state index in [-0.39, 0.29) is 11.7 Å². The Morgan fingerprint density at radius 3 is 2.37 bits per heavy atom. The van der Waals surface area contributed by atoms with Gasteiger partial charge in [0.05, 0.1) is 13.2 Å². The summed E-state index contributed by atoms with van der Waals surface area (Å²) < 4.78 is 11.7. The highest BCUT2D eigenvalue weighted by Crippen LogP contribution is 2.30. The van der Waals surface area contributed by atoms with Gasteiger partial charge in [0, 0.05) is 16.9 Å². The van der Waals surface area contributed by atoms with E-state index in [0.29, 0.717) is 19.1 Å². The number of halogens is 1. The summed E-state index contributed by atoms with van der Waals surface area (Å²) in [6.45, 7) is 7.75. The van der Waals surface area contributed by atoms with E-state index >= 15 is 0 Å². The lowest BCUT2D eigenvalue weighted by molar-refractivity contribution is -0.192. The Kier molecular flexibility index (Phi) is 4.67. The monoisotopic (exact) mass is 280 g/mol. The quantitative estimate of drug-likeness (QED) is 0.779. The Balaban J connectivity index is 2.18. The van der Waals surface area contributed by atoms with Crippen molar-refractivity contribution in [3.05, 3.63) is 41.5 Å². The number of benzene rings is 1. The number of ether oxygens (including phenoxy) is 2. The van der Waals surface area contributed by atoms with Crippen LogP contribution < -0.4 is 0 Å². The first kappa shape index (κ1) is 14.6. The SMILES string of the molecule is Cc1ccc(C(=CCCl)C2OCC(C)(C)CO2)cc1. The number of rotatable bonds is 3. The third kappa shape index (κ3) is 3.82. The van der Waals surface area contributed by atoms with E-state index in [1.165, 1.54) is 5.56 Å². The average molecular weight is 281 g/mol. The van der Waals surface area contributed by atoms with Crippen molar-refractivity contribution in [2.24, 2.45) is 5.41 Å². The minimum absolute atomic E-state index is 0.0792. The van der Waals surface area contributed by atoms with Crippen molar-refractivity contribution in [3.8, 4) is 0 Å². The summed E-state index contributed by atoms with van der Waals surface area (Å²) in [5, 5.41) is 0. The van der Waals surface area contributed by atoms with Gasteiger partial charge in [0.1, 0.15) is 0 Å². The summed E-state index contributed by atoms with van der Waals surface area (Å²) >= 11 is 5.87. The molecule has 0 atom stereocenters. The average Bonchev–Trinajstić information content (AvgIpc) is 2.38. The summed E-state index contributed by atoms with van der Waals surface area (Å²) in [7, 11) is 0. The summed E-state index contributed by atoms with van der Waals surface area (Å²) in [6, 6.07) is 8.34. The molecule has 1 aliphatic heterocycles. The summed E-state index contributed by atoms with van der Waals surface area (Å²) in [4.78, 5) is 0. The lowest BCUT2D eigenvalue weighted by atomic mass is 9.94. The first-order chi connectivity index (χ1) is 9.02. The van der Waals surface area contributed by atoms with Crippen molar-refractivity contribution in [1.29, 1.82) is 0 Å². The smallest absolute Gasteiger partial charge is 0.184 e. The predicted octanol–water partition coefficient (Wildman–Crippen LogP) is 4.02. The zero-order chi connectivity index (χ0) is 13.9. The van der Waals surface area contributed by atoms with Gasteiger partial charge in [0.25, 0.3) is 0 Å². The van der Waals surface area contributed by atoms with Gasteiger partial charge in [-0.1, -0.05) is 49.8 Å². The van der Waals surface area contributed by atoms with Crippen molar-refractivity contribution in [3.63, 3.8) is 0 Å². The van der Waals surface area contributed by atoms with E-state index in [0.717, 1.165) is 11.1 Å². The Hall–Kier alpha value is -0.830. The third-order valence-electron chi connectivity index (χ3n) is 3.19. The molecule has 3 heteroatoms. The number of hydrogen-bond donors (Lipinski definition) is 0. The first-order valence-electron chi connectivity index (χ1n) is 6.58. The van der Waals surface area contributed by atoms with Crippen LogP contribution in [0.25, 0.3) is 5.57 Å². The lowest BCUT2D eigenvalue weighted by Crippen LogP contribution is -2.38. The van der Waals surface area contributed by atoms with E-state index < -0.39 is 0 Å². The summed E-state index contributed by atoms with van der Waals surface area (Å²) in [5.41, 5.74) is 3.44. The molecule has 2 rings (SSSR count). The maximum atomic E-state index is 5.87. The highest BCUT2D eigenvalue weighted by molar-refractivity contribution is 6.19. The molecule has 1 saturated heterocycles. The van der Waals surface area contributed by atoms with E-state index in [2.05, 4.69) is 45.0 Å². The molecule has 0 radical (unpaired) electrons. The van der Waals surface area contributed by atoms with Gasteiger partial charge in [-0.05, 0) is 12.5 Å². The molecule has 0 amide bonds. The molecule has 2 nitrogen and oxygen atoms in total. The van der Waals surface area contributed by atoms with Gasteiger partial charge in [-0.2, -0.15) is 0 Å². The zero-order valence-electron chi connectivity index (χ0n) is 11.8. The predicted molar refractivity (Wildman–Crippen MR) is 79.3 cm³/mol. The maximum Gasteiger partial charge on any atom is 0.184 e. The minimum atomic E-state index is -0.311. The number of aryl methyl sites for hydroxylation is 1. The largest absolute Gasteiger partial charge is 0.348 e. The molecule has 0 aromatic heterocycles. The van der Waals surface area contributed by atoms with Gasteiger partial charge >= 0.3 is 0 Å². The molecule has 19 heavy (non-hydrogen) atoms. The number of hydrogen-bond acceptors (Lipinski definition) is 2. The molecule has 1 heterocycles. The Labute approximate surface area is 120 Å². The van der Waals surface area contributed by atoms with Crippen LogP contribution in [0, 0.1) is 12.3 Å². The minimum Gasteiger partial charge on any atom is -0.348 e. The summed E-state index contributed by atoms with van der Waals surface area (Å²) in [6.07, 6.45) is 1.66. The Morgan fingerprint density at radius 1 is 1.26 bits per heavy atom. The molecule has 1 fully saturated rings. The second-order valence-corrected chi connectivity index (χ2v) is 6.11. The van der Waals surface area contributed by atoms with Crippen LogP contribution in [0.3, 0.4) is 0 Å². The van der Waals surface area contributed by atoms with Crippen LogP contribution in [-0.2, 0) is 9.47 Å². The highest BCUT2D eigenvalue weighted by atomic mass is 35.5. The molecule has 0 aliphatic carbocycles. The molecule has 1 aromatic rings. The molecule has 0 saturated carbocycles. The third-order valence-corrected chi connectivity index (χ3v) is 3.34. The molecule has 0 N–H and O–H groups in total. The molecule has 1 aliphatic rings. The Bertz CT molecular complexity index is 438. The fourth-order valence-corrected chi connectivity index (χ4v) is 2.22. The van der Waals surface area contributed by atoms with Crippen LogP contribution in [0.5, 0.6) is 0 Å². The van der Waals surface area contributed by atoms with Crippen molar-refractivity contribution in [2.45, 2.75) is 27.1 Å². The lowest BCUT2D eigenvalue weighted by Gasteiger charge is -2.35. The van der Waals surface area contributed by atoms with E-state index in [1.54, 1.807) is 0 Å². The molecule has 0 spiro atoms. The van der Waals surface area contributed by atoms with E-state index in [1.807, 2.05) is 6.08 Å². The van der Waals surface area contributed by atoms with Gasteiger partial charge in [0.2, 0.25) is 0 Å². The maximum absolute atomic E-state index is 5.87. The highest BCUT2D eigenvalue weighted by Gasteiger charge is 2.30.